The van der Waals surface area contributed by atoms with Gasteiger partial charge in [-0.2, -0.15) is 0 Å². The van der Waals surface area contributed by atoms with E-state index in [0.29, 0.717) is 5.41 Å². The van der Waals surface area contributed by atoms with Gasteiger partial charge < -0.3 is 4.80 Å². The number of unbranched alkanes of at least 4 members (excludes halogenated alkanes) is 2. The summed E-state index contributed by atoms with van der Waals surface area (Å²) in [6.45, 7) is 6.71. The number of hydrogen-bond donors (Lipinski definition) is 1. The number of rotatable bonds is 6. The molecule has 0 saturated heterocycles. The molecule has 66 valence electrons. The van der Waals surface area contributed by atoms with Crippen LogP contribution < -0.4 is 0 Å². The molecule has 0 heterocycles. The molecule has 0 bridgehead atoms. The van der Waals surface area contributed by atoms with Crippen LogP contribution in [0.25, 0.3) is 0 Å². The summed E-state index contributed by atoms with van der Waals surface area (Å²) in [7, 11) is 0.121. The highest BCUT2D eigenvalue weighted by Gasteiger charge is 2.16. The van der Waals surface area contributed by atoms with Gasteiger partial charge in [-0.15, -0.1) is 0 Å². The first-order valence-corrected chi connectivity index (χ1v) is 5.65. The van der Waals surface area contributed by atoms with Crippen LogP contribution in [-0.4, -0.2) is 14.6 Å². The smallest absolute Gasteiger partial charge is 0.224 e. The quantitative estimate of drug-likeness (QED) is 0.482. The molecule has 0 unspecified atom stereocenters. The van der Waals surface area contributed by atoms with Crippen LogP contribution in [-0.2, 0) is 0 Å². The second-order valence-corrected chi connectivity index (χ2v) is 4.63. The number of hydrogen-bond acceptors (Lipinski definition) is 1. The molecule has 2 heteroatoms. The van der Waals surface area contributed by atoms with Gasteiger partial charge in [-0.25, -0.2) is 0 Å². The van der Waals surface area contributed by atoms with E-state index in [4.69, 9.17) is 4.80 Å². The average Bonchev–Trinajstić information content (AvgIpc) is 1.87. The van der Waals surface area contributed by atoms with Crippen LogP contribution in [0.4, 0.5) is 0 Å². The lowest BCUT2D eigenvalue weighted by atomic mass is 9.89. The summed E-state index contributed by atoms with van der Waals surface area (Å²) in [6.07, 6.45) is 5.19. The Morgan fingerprint density at radius 1 is 1.27 bits per heavy atom. The lowest BCUT2D eigenvalue weighted by Crippen LogP contribution is -2.13. The molecule has 11 heavy (non-hydrogen) atoms. The molecule has 1 N–H and O–H groups in total. The van der Waals surface area contributed by atoms with Gasteiger partial charge in [0, 0.05) is 0 Å². The van der Waals surface area contributed by atoms with E-state index < -0.39 is 0 Å². The molecule has 0 spiro atoms. The third-order valence-corrected chi connectivity index (χ3v) is 3.13. The zero-order chi connectivity index (χ0) is 8.74. The Bertz CT molecular complexity index is 91.6. The fourth-order valence-electron chi connectivity index (χ4n) is 1.16. The molecular weight excluding hydrogens is 152 g/mol. The van der Waals surface area contributed by atoms with Gasteiger partial charge in [0.15, 0.2) is 0 Å². The van der Waals surface area contributed by atoms with Gasteiger partial charge in [0.2, 0.25) is 9.76 Å². The summed E-state index contributed by atoms with van der Waals surface area (Å²) in [5, 5.41) is 0. The second-order valence-electron chi connectivity index (χ2n) is 3.96. The van der Waals surface area contributed by atoms with Crippen molar-refractivity contribution in [3.63, 3.8) is 0 Å². The standard InChI is InChI=1S/C9H20OSi/c1-4-5-6-7-9(2,3)8-11-10/h10H,4-8H2,1-3H3. The molecule has 0 atom stereocenters. The van der Waals surface area contributed by atoms with E-state index in [0.717, 1.165) is 6.04 Å². The maximum Gasteiger partial charge on any atom is 0.224 e. The molecule has 0 saturated carbocycles. The molecular formula is C9H20OSi. The minimum atomic E-state index is 0.121. The summed E-state index contributed by atoms with van der Waals surface area (Å²) in [6, 6.07) is 0.969. The van der Waals surface area contributed by atoms with Crippen LogP contribution >= 0.6 is 0 Å². The first-order valence-electron chi connectivity index (χ1n) is 4.49. The zero-order valence-electron chi connectivity index (χ0n) is 7.98. The molecule has 0 aliphatic carbocycles. The zero-order valence-corrected chi connectivity index (χ0v) is 8.98. The summed E-state index contributed by atoms with van der Waals surface area (Å²) in [5.41, 5.74) is 0.363. The Balaban J connectivity index is 3.38. The predicted octanol–water partition coefficient (Wildman–Crippen LogP) is 2.62. The van der Waals surface area contributed by atoms with Crippen molar-refractivity contribution in [2.75, 3.05) is 0 Å². The Kier molecular flexibility index (Phi) is 5.87. The molecule has 0 aliphatic heterocycles. The molecule has 0 aromatic rings. The molecule has 0 aromatic heterocycles. The lowest BCUT2D eigenvalue weighted by Gasteiger charge is -2.22. The molecule has 0 rings (SSSR count). The molecule has 0 aliphatic rings. The van der Waals surface area contributed by atoms with Gasteiger partial charge in [0.05, 0.1) is 0 Å². The van der Waals surface area contributed by atoms with Crippen molar-refractivity contribution in [1.82, 2.24) is 0 Å². The van der Waals surface area contributed by atoms with Crippen LogP contribution in [0.5, 0.6) is 0 Å². The molecule has 0 amide bonds. The molecule has 0 aromatic carbocycles. The maximum atomic E-state index is 8.79. The van der Waals surface area contributed by atoms with Gasteiger partial charge in [0.25, 0.3) is 0 Å². The summed E-state index contributed by atoms with van der Waals surface area (Å²) in [4.78, 5) is 8.79. The Labute approximate surface area is 73.2 Å². The highest BCUT2D eigenvalue weighted by molar-refractivity contribution is 6.25. The highest BCUT2D eigenvalue weighted by atomic mass is 28.2. The first kappa shape index (κ1) is 11.2. The Morgan fingerprint density at radius 3 is 2.36 bits per heavy atom. The van der Waals surface area contributed by atoms with E-state index in [-0.39, 0.29) is 9.76 Å². The van der Waals surface area contributed by atoms with Crippen molar-refractivity contribution < 1.29 is 4.80 Å². The SMILES string of the molecule is CCCCCC(C)(C)C[Si]O. The van der Waals surface area contributed by atoms with E-state index in [2.05, 4.69) is 20.8 Å². The van der Waals surface area contributed by atoms with Gasteiger partial charge in [-0.05, 0) is 17.9 Å². The minimum absolute atomic E-state index is 0.121. The third-order valence-electron chi connectivity index (χ3n) is 2.01. The minimum Gasteiger partial charge on any atom is -0.432 e. The first-order chi connectivity index (χ1) is 5.12. The van der Waals surface area contributed by atoms with Gasteiger partial charge in [0.1, 0.15) is 0 Å². The van der Waals surface area contributed by atoms with Gasteiger partial charge >= 0.3 is 0 Å². The van der Waals surface area contributed by atoms with Crippen LogP contribution in [0.1, 0.15) is 46.5 Å². The average molecular weight is 172 g/mol. The molecule has 1 nitrogen and oxygen atoms in total. The van der Waals surface area contributed by atoms with Gasteiger partial charge in [-0.1, -0.05) is 40.0 Å². The van der Waals surface area contributed by atoms with Crippen molar-refractivity contribution in [3.05, 3.63) is 0 Å². The Hall–Kier alpha value is 0.177. The van der Waals surface area contributed by atoms with Crippen molar-refractivity contribution >= 4 is 9.76 Å². The fraction of sp³-hybridized carbons (Fsp3) is 1.00. The molecule has 0 fully saturated rings. The van der Waals surface area contributed by atoms with Crippen LogP contribution in [0.3, 0.4) is 0 Å². The van der Waals surface area contributed by atoms with Gasteiger partial charge in [-0.3, -0.25) is 0 Å². The van der Waals surface area contributed by atoms with Crippen LogP contribution in [0.15, 0.2) is 0 Å². The van der Waals surface area contributed by atoms with Crippen LogP contribution in [0, 0.1) is 5.41 Å². The van der Waals surface area contributed by atoms with E-state index in [1.165, 1.54) is 25.7 Å². The largest absolute Gasteiger partial charge is 0.432 e. The van der Waals surface area contributed by atoms with E-state index in [1.54, 1.807) is 0 Å². The normalized spacial score (nSPS) is 12.0. The second kappa shape index (κ2) is 5.78. The lowest BCUT2D eigenvalue weighted by molar-refractivity contribution is 0.349. The summed E-state index contributed by atoms with van der Waals surface area (Å²) < 4.78 is 0. The fourth-order valence-corrected chi connectivity index (χ4v) is 1.76. The highest BCUT2D eigenvalue weighted by Crippen LogP contribution is 2.27. The topological polar surface area (TPSA) is 20.2 Å². The van der Waals surface area contributed by atoms with E-state index in [1.807, 2.05) is 0 Å². The van der Waals surface area contributed by atoms with Crippen molar-refractivity contribution in [3.8, 4) is 0 Å². The van der Waals surface area contributed by atoms with E-state index >= 15 is 0 Å². The maximum absolute atomic E-state index is 8.79. The summed E-state index contributed by atoms with van der Waals surface area (Å²) in [5.74, 6) is 0. The Morgan fingerprint density at radius 2 is 1.91 bits per heavy atom. The van der Waals surface area contributed by atoms with Crippen molar-refractivity contribution in [2.45, 2.75) is 52.5 Å². The van der Waals surface area contributed by atoms with Crippen LogP contribution in [0.2, 0.25) is 6.04 Å². The third kappa shape index (κ3) is 6.57. The van der Waals surface area contributed by atoms with Crippen molar-refractivity contribution in [2.24, 2.45) is 5.41 Å². The summed E-state index contributed by atoms with van der Waals surface area (Å²) >= 11 is 0. The van der Waals surface area contributed by atoms with Crippen molar-refractivity contribution in [1.29, 1.82) is 0 Å². The monoisotopic (exact) mass is 172 g/mol. The predicted molar refractivity (Wildman–Crippen MR) is 50.7 cm³/mol. The van der Waals surface area contributed by atoms with E-state index in [9.17, 15) is 0 Å². The molecule has 2 radical (unpaired) electrons.